The Labute approximate surface area is 156 Å². The molecule has 0 aromatic heterocycles. The van der Waals surface area contributed by atoms with Gasteiger partial charge in [-0.15, -0.1) is 0 Å². The van der Waals surface area contributed by atoms with Crippen LogP contribution < -0.4 is 10.6 Å². The molecule has 0 atom stereocenters. The van der Waals surface area contributed by atoms with Crippen molar-refractivity contribution in [1.29, 1.82) is 0 Å². The zero-order valence-electron chi connectivity index (χ0n) is 14.6. The number of hydrogen-bond donors (Lipinski definition) is 2. The molecule has 0 heterocycles. The zero-order chi connectivity index (χ0) is 18.9. The van der Waals surface area contributed by atoms with Crippen LogP contribution in [0.2, 0.25) is 5.02 Å². The Balaban J connectivity index is 1.75. The van der Waals surface area contributed by atoms with Gasteiger partial charge in [0.1, 0.15) is 11.2 Å². The number of para-hydroxylation sites is 1. The Morgan fingerprint density at radius 1 is 1.08 bits per heavy atom. The summed E-state index contributed by atoms with van der Waals surface area (Å²) in [5.74, 6) is -1.04. The van der Waals surface area contributed by atoms with Crippen LogP contribution in [-0.4, -0.2) is 11.8 Å². The number of nitrogens with one attached hydrogen (secondary N) is 2. The summed E-state index contributed by atoms with van der Waals surface area (Å²) in [6.07, 6.45) is 0.951. The van der Waals surface area contributed by atoms with Gasteiger partial charge in [-0.1, -0.05) is 43.6 Å². The van der Waals surface area contributed by atoms with Crippen LogP contribution in [0.5, 0.6) is 0 Å². The van der Waals surface area contributed by atoms with E-state index in [0.29, 0.717) is 18.5 Å². The second kappa shape index (κ2) is 7.08. The Bertz CT molecular complexity index is 863. The van der Waals surface area contributed by atoms with Crippen LogP contribution in [0, 0.1) is 11.2 Å². The van der Waals surface area contributed by atoms with E-state index in [-0.39, 0.29) is 16.8 Å². The molecule has 1 saturated carbocycles. The minimum Gasteiger partial charge on any atom is -0.325 e. The average Bonchev–Trinajstić information content (AvgIpc) is 3.40. The molecule has 2 aromatic rings. The number of carbonyl (C=O) groups is 2. The number of rotatable bonds is 5. The third-order valence-corrected chi connectivity index (χ3v) is 4.92. The Hall–Kier alpha value is -2.40. The molecule has 136 valence electrons. The van der Waals surface area contributed by atoms with E-state index in [1.807, 2.05) is 38.1 Å². The fourth-order valence-electron chi connectivity index (χ4n) is 2.86. The highest BCUT2D eigenvalue weighted by Gasteiger charge is 2.56. The van der Waals surface area contributed by atoms with Crippen LogP contribution in [0.4, 0.5) is 15.8 Å². The predicted molar refractivity (Wildman–Crippen MR) is 101 cm³/mol. The monoisotopic (exact) mass is 374 g/mol. The van der Waals surface area contributed by atoms with E-state index in [9.17, 15) is 14.0 Å². The van der Waals surface area contributed by atoms with E-state index < -0.39 is 17.1 Å². The van der Waals surface area contributed by atoms with Gasteiger partial charge >= 0.3 is 0 Å². The number of halogens is 2. The first-order valence-corrected chi connectivity index (χ1v) is 8.88. The summed E-state index contributed by atoms with van der Waals surface area (Å²) in [5.41, 5.74) is 1.01. The highest BCUT2D eigenvalue weighted by atomic mass is 35.5. The van der Waals surface area contributed by atoms with Crippen molar-refractivity contribution >= 4 is 34.8 Å². The molecule has 0 bridgehead atoms. The molecule has 0 radical (unpaired) electrons. The average molecular weight is 375 g/mol. The molecular formula is C20H20ClFN2O2. The van der Waals surface area contributed by atoms with E-state index in [1.54, 1.807) is 0 Å². The normalized spacial score (nSPS) is 14.8. The van der Waals surface area contributed by atoms with Crippen molar-refractivity contribution in [2.45, 2.75) is 32.6 Å². The third-order valence-electron chi connectivity index (χ3n) is 4.63. The third kappa shape index (κ3) is 3.58. The summed E-state index contributed by atoms with van der Waals surface area (Å²) in [6, 6.07) is 11.5. The molecule has 2 aromatic carbocycles. The smallest absolute Gasteiger partial charge is 0.240 e. The molecule has 1 aliphatic rings. The van der Waals surface area contributed by atoms with Crippen molar-refractivity contribution in [2.24, 2.45) is 5.41 Å². The van der Waals surface area contributed by atoms with Gasteiger partial charge in [-0.3, -0.25) is 9.59 Å². The molecule has 0 saturated heterocycles. The predicted octanol–water partition coefficient (Wildman–Crippen LogP) is 4.96. The van der Waals surface area contributed by atoms with Gasteiger partial charge in [0.2, 0.25) is 11.8 Å². The minimum atomic E-state index is -1.09. The molecule has 0 aliphatic heterocycles. The van der Waals surface area contributed by atoms with Gasteiger partial charge in [-0.2, -0.15) is 0 Å². The van der Waals surface area contributed by atoms with Crippen molar-refractivity contribution < 1.29 is 14.0 Å². The minimum absolute atomic E-state index is 0.0806. The van der Waals surface area contributed by atoms with E-state index in [2.05, 4.69) is 10.6 Å². The van der Waals surface area contributed by atoms with E-state index in [4.69, 9.17) is 11.6 Å². The number of carbonyl (C=O) groups excluding carboxylic acids is 2. The highest BCUT2D eigenvalue weighted by Crippen LogP contribution is 2.48. The van der Waals surface area contributed by atoms with E-state index in [0.717, 1.165) is 11.3 Å². The fourth-order valence-corrected chi connectivity index (χ4v) is 3.04. The number of anilines is 2. The number of amides is 2. The first-order chi connectivity index (χ1) is 12.3. The van der Waals surface area contributed by atoms with Crippen LogP contribution in [0.3, 0.4) is 0 Å². The Kier molecular flexibility index (Phi) is 5.01. The molecule has 6 heteroatoms. The largest absolute Gasteiger partial charge is 0.325 e. The van der Waals surface area contributed by atoms with Crippen molar-refractivity contribution in [1.82, 2.24) is 0 Å². The van der Waals surface area contributed by atoms with Gasteiger partial charge in [0.25, 0.3) is 0 Å². The summed E-state index contributed by atoms with van der Waals surface area (Å²) in [5, 5.41) is 5.48. The van der Waals surface area contributed by atoms with Crippen LogP contribution in [0.15, 0.2) is 42.5 Å². The molecule has 1 fully saturated rings. The summed E-state index contributed by atoms with van der Waals surface area (Å²) in [4.78, 5) is 25.4. The lowest BCUT2D eigenvalue weighted by molar-refractivity contribution is -0.131. The maximum Gasteiger partial charge on any atom is 0.240 e. The van der Waals surface area contributed by atoms with Crippen LogP contribution in [-0.2, 0) is 9.59 Å². The SMILES string of the molecule is CC(C)c1ccccc1NC(=O)C1(C(=O)Nc2ccc(F)c(Cl)c2)CC1. The molecular weight excluding hydrogens is 355 g/mol. The molecule has 2 N–H and O–H groups in total. The topological polar surface area (TPSA) is 58.2 Å². The molecule has 0 unspecified atom stereocenters. The highest BCUT2D eigenvalue weighted by molar-refractivity contribution is 6.31. The molecule has 1 aliphatic carbocycles. The lowest BCUT2D eigenvalue weighted by atomic mass is 9.99. The standard InChI is InChI=1S/C20H20ClFN2O2/c1-12(2)14-5-3-4-6-17(14)24-19(26)20(9-10-20)18(25)23-13-7-8-16(22)15(21)11-13/h3-8,11-12H,9-10H2,1-2H3,(H,23,25)(H,24,26). The summed E-state index contributed by atoms with van der Waals surface area (Å²) < 4.78 is 13.2. The Morgan fingerprint density at radius 2 is 1.73 bits per heavy atom. The van der Waals surface area contributed by atoms with Crippen molar-refractivity contribution in [3.05, 3.63) is 58.9 Å². The van der Waals surface area contributed by atoms with Crippen LogP contribution in [0.1, 0.15) is 38.2 Å². The second-order valence-electron chi connectivity index (χ2n) is 6.86. The zero-order valence-corrected chi connectivity index (χ0v) is 15.4. The summed E-state index contributed by atoms with van der Waals surface area (Å²) in [7, 11) is 0. The van der Waals surface area contributed by atoms with Crippen molar-refractivity contribution in [3.8, 4) is 0 Å². The lowest BCUT2D eigenvalue weighted by Gasteiger charge is -2.18. The molecule has 0 spiro atoms. The molecule has 26 heavy (non-hydrogen) atoms. The molecule has 3 rings (SSSR count). The van der Waals surface area contributed by atoms with Gasteiger partial charge in [-0.05, 0) is 48.6 Å². The van der Waals surface area contributed by atoms with Crippen LogP contribution in [0.25, 0.3) is 0 Å². The van der Waals surface area contributed by atoms with Crippen molar-refractivity contribution in [2.75, 3.05) is 10.6 Å². The lowest BCUT2D eigenvalue weighted by Crippen LogP contribution is -2.35. The number of benzene rings is 2. The van der Waals surface area contributed by atoms with E-state index >= 15 is 0 Å². The van der Waals surface area contributed by atoms with Gasteiger partial charge in [0, 0.05) is 11.4 Å². The maximum atomic E-state index is 13.2. The quantitative estimate of drug-likeness (QED) is 0.727. The summed E-state index contributed by atoms with van der Waals surface area (Å²) >= 11 is 5.74. The Morgan fingerprint density at radius 3 is 2.35 bits per heavy atom. The molecule has 4 nitrogen and oxygen atoms in total. The number of hydrogen-bond acceptors (Lipinski definition) is 2. The van der Waals surface area contributed by atoms with Gasteiger partial charge < -0.3 is 10.6 Å². The first-order valence-electron chi connectivity index (χ1n) is 8.50. The molecule has 2 amide bonds. The van der Waals surface area contributed by atoms with E-state index in [1.165, 1.54) is 18.2 Å². The van der Waals surface area contributed by atoms with Crippen molar-refractivity contribution in [3.63, 3.8) is 0 Å². The van der Waals surface area contributed by atoms with Gasteiger partial charge in [0.15, 0.2) is 0 Å². The summed E-state index contributed by atoms with van der Waals surface area (Å²) in [6.45, 7) is 4.09. The van der Waals surface area contributed by atoms with Gasteiger partial charge in [-0.25, -0.2) is 4.39 Å². The fraction of sp³-hybridized carbons (Fsp3) is 0.300. The first kappa shape index (κ1) is 18.4. The van der Waals surface area contributed by atoms with Gasteiger partial charge in [0.05, 0.1) is 5.02 Å². The second-order valence-corrected chi connectivity index (χ2v) is 7.27. The van der Waals surface area contributed by atoms with Crippen LogP contribution >= 0.6 is 11.6 Å². The maximum absolute atomic E-state index is 13.2.